The van der Waals surface area contributed by atoms with Crippen molar-refractivity contribution in [2.75, 3.05) is 19.6 Å². The van der Waals surface area contributed by atoms with Gasteiger partial charge in [-0.3, -0.25) is 9.69 Å². The van der Waals surface area contributed by atoms with Crippen molar-refractivity contribution in [3.63, 3.8) is 0 Å². The molecule has 0 fully saturated rings. The number of carbonyl (C=O) groups excluding carboxylic acids is 1. The molecule has 3 heteroatoms. The molecule has 1 atom stereocenters. The fourth-order valence-corrected chi connectivity index (χ4v) is 2.25. The third-order valence-corrected chi connectivity index (χ3v) is 3.57. The molecular weight excluding hydrogens is 248 g/mol. The minimum Gasteiger partial charge on any atom is -0.354 e. The molecule has 0 unspecified atom stereocenters. The topological polar surface area (TPSA) is 32.3 Å². The van der Waals surface area contributed by atoms with Gasteiger partial charge in [0.1, 0.15) is 0 Å². The van der Waals surface area contributed by atoms with Crippen LogP contribution in [-0.2, 0) is 4.79 Å². The van der Waals surface area contributed by atoms with Crippen molar-refractivity contribution in [2.24, 2.45) is 5.41 Å². The van der Waals surface area contributed by atoms with Crippen molar-refractivity contribution in [3.8, 4) is 0 Å². The standard InChI is InChI=1S/C17H28N2O/c1-6-19(7-2)15(14-11-9-8-10-12-14)13-18-16(20)17(3,4)5/h8-12,15H,6-7,13H2,1-5H3,(H,18,20)/t15-/m1/s1. The summed E-state index contributed by atoms with van der Waals surface area (Å²) in [7, 11) is 0. The minimum atomic E-state index is -0.343. The van der Waals surface area contributed by atoms with Gasteiger partial charge in [-0.2, -0.15) is 0 Å². The van der Waals surface area contributed by atoms with E-state index in [4.69, 9.17) is 0 Å². The van der Waals surface area contributed by atoms with Crippen LogP contribution in [0.2, 0.25) is 0 Å². The molecule has 0 aromatic heterocycles. The normalized spacial score (nSPS) is 13.3. The highest BCUT2D eigenvalue weighted by Gasteiger charge is 2.24. The summed E-state index contributed by atoms with van der Waals surface area (Å²) in [5.41, 5.74) is 0.912. The number of hydrogen-bond donors (Lipinski definition) is 1. The van der Waals surface area contributed by atoms with Gasteiger partial charge in [0.25, 0.3) is 0 Å². The van der Waals surface area contributed by atoms with E-state index in [0.29, 0.717) is 6.54 Å². The molecule has 1 amide bonds. The number of benzene rings is 1. The third kappa shape index (κ3) is 4.64. The Morgan fingerprint density at radius 3 is 2.15 bits per heavy atom. The van der Waals surface area contributed by atoms with Gasteiger partial charge < -0.3 is 5.32 Å². The van der Waals surface area contributed by atoms with E-state index in [2.05, 4.69) is 48.3 Å². The van der Waals surface area contributed by atoms with Crippen molar-refractivity contribution in [2.45, 2.75) is 40.7 Å². The van der Waals surface area contributed by atoms with E-state index >= 15 is 0 Å². The predicted octanol–water partition coefficient (Wildman–Crippen LogP) is 3.23. The first-order chi connectivity index (χ1) is 9.40. The molecule has 0 heterocycles. The maximum atomic E-state index is 12.1. The van der Waals surface area contributed by atoms with Crippen molar-refractivity contribution < 1.29 is 4.79 Å². The lowest BCUT2D eigenvalue weighted by Gasteiger charge is -2.31. The quantitative estimate of drug-likeness (QED) is 0.865. The first kappa shape index (κ1) is 16.7. The molecule has 1 rings (SSSR count). The molecule has 0 saturated heterocycles. The van der Waals surface area contributed by atoms with Crippen molar-refractivity contribution >= 4 is 5.91 Å². The Labute approximate surface area is 123 Å². The fraction of sp³-hybridized carbons (Fsp3) is 0.588. The summed E-state index contributed by atoms with van der Waals surface area (Å²) in [6.07, 6.45) is 0. The molecule has 0 radical (unpaired) electrons. The Hall–Kier alpha value is -1.35. The van der Waals surface area contributed by atoms with Crippen molar-refractivity contribution in [1.29, 1.82) is 0 Å². The minimum absolute atomic E-state index is 0.102. The summed E-state index contributed by atoms with van der Waals surface area (Å²) in [5.74, 6) is 0.102. The highest BCUT2D eigenvalue weighted by atomic mass is 16.2. The van der Waals surface area contributed by atoms with Gasteiger partial charge in [-0.05, 0) is 18.7 Å². The summed E-state index contributed by atoms with van der Waals surface area (Å²) in [6.45, 7) is 12.7. The molecule has 0 aliphatic rings. The number of amides is 1. The van der Waals surface area contributed by atoms with Gasteiger partial charge in [0.2, 0.25) is 5.91 Å². The Bertz CT molecular complexity index is 405. The Morgan fingerprint density at radius 2 is 1.70 bits per heavy atom. The van der Waals surface area contributed by atoms with Crippen LogP contribution in [-0.4, -0.2) is 30.4 Å². The van der Waals surface area contributed by atoms with Crippen LogP contribution in [0, 0.1) is 5.41 Å². The zero-order valence-corrected chi connectivity index (χ0v) is 13.4. The Kier molecular flexibility index (Phi) is 6.21. The first-order valence-corrected chi connectivity index (χ1v) is 7.47. The number of carbonyl (C=O) groups is 1. The van der Waals surface area contributed by atoms with Crippen LogP contribution in [0.15, 0.2) is 30.3 Å². The van der Waals surface area contributed by atoms with E-state index in [0.717, 1.165) is 13.1 Å². The van der Waals surface area contributed by atoms with Gasteiger partial charge in [-0.25, -0.2) is 0 Å². The van der Waals surface area contributed by atoms with Crippen LogP contribution < -0.4 is 5.32 Å². The van der Waals surface area contributed by atoms with Crippen LogP contribution in [0.1, 0.15) is 46.2 Å². The fourth-order valence-electron chi connectivity index (χ4n) is 2.25. The van der Waals surface area contributed by atoms with E-state index < -0.39 is 0 Å². The lowest BCUT2D eigenvalue weighted by molar-refractivity contribution is -0.128. The molecule has 20 heavy (non-hydrogen) atoms. The van der Waals surface area contributed by atoms with E-state index in [1.165, 1.54) is 5.56 Å². The van der Waals surface area contributed by atoms with Crippen LogP contribution in [0.4, 0.5) is 0 Å². The van der Waals surface area contributed by atoms with Gasteiger partial charge in [-0.15, -0.1) is 0 Å². The van der Waals surface area contributed by atoms with Gasteiger partial charge in [0, 0.05) is 12.0 Å². The maximum Gasteiger partial charge on any atom is 0.225 e. The van der Waals surface area contributed by atoms with Crippen LogP contribution >= 0.6 is 0 Å². The summed E-state index contributed by atoms with van der Waals surface area (Å²) < 4.78 is 0. The second kappa shape index (κ2) is 7.44. The average Bonchev–Trinajstić information content (AvgIpc) is 2.43. The molecule has 0 spiro atoms. The van der Waals surface area contributed by atoms with Crippen LogP contribution in [0.3, 0.4) is 0 Å². The molecule has 3 nitrogen and oxygen atoms in total. The highest BCUT2D eigenvalue weighted by Crippen LogP contribution is 2.20. The SMILES string of the molecule is CCN(CC)[C@H](CNC(=O)C(C)(C)C)c1ccccc1. The molecule has 0 aliphatic heterocycles. The molecule has 0 saturated carbocycles. The summed E-state index contributed by atoms with van der Waals surface area (Å²) in [4.78, 5) is 14.4. The van der Waals surface area contributed by atoms with Crippen LogP contribution in [0.5, 0.6) is 0 Å². The van der Waals surface area contributed by atoms with Gasteiger partial charge >= 0.3 is 0 Å². The van der Waals surface area contributed by atoms with Gasteiger partial charge in [0.15, 0.2) is 0 Å². The lowest BCUT2D eigenvalue weighted by Crippen LogP contribution is -2.41. The number of rotatable bonds is 6. The smallest absolute Gasteiger partial charge is 0.225 e. The Balaban J connectivity index is 2.82. The first-order valence-electron chi connectivity index (χ1n) is 7.47. The molecular formula is C17H28N2O. The number of nitrogens with one attached hydrogen (secondary N) is 1. The molecule has 112 valence electrons. The Morgan fingerprint density at radius 1 is 1.15 bits per heavy atom. The van der Waals surface area contributed by atoms with E-state index in [-0.39, 0.29) is 17.4 Å². The van der Waals surface area contributed by atoms with Crippen molar-refractivity contribution in [1.82, 2.24) is 10.2 Å². The summed E-state index contributed by atoms with van der Waals surface area (Å²) in [5, 5.41) is 3.09. The summed E-state index contributed by atoms with van der Waals surface area (Å²) >= 11 is 0. The number of likely N-dealkylation sites (N-methyl/N-ethyl adjacent to an activating group) is 1. The van der Waals surface area contributed by atoms with Gasteiger partial charge in [0.05, 0.1) is 6.04 Å². The molecule has 0 aliphatic carbocycles. The van der Waals surface area contributed by atoms with E-state index in [1.807, 2.05) is 26.8 Å². The second-order valence-corrected chi connectivity index (χ2v) is 6.11. The van der Waals surface area contributed by atoms with Gasteiger partial charge in [-0.1, -0.05) is 65.0 Å². The highest BCUT2D eigenvalue weighted by molar-refractivity contribution is 5.81. The van der Waals surface area contributed by atoms with Crippen LogP contribution in [0.25, 0.3) is 0 Å². The summed E-state index contributed by atoms with van der Waals surface area (Å²) in [6, 6.07) is 10.6. The lowest BCUT2D eigenvalue weighted by atomic mass is 9.95. The van der Waals surface area contributed by atoms with E-state index in [9.17, 15) is 4.79 Å². The van der Waals surface area contributed by atoms with E-state index in [1.54, 1.807) is 0 Å². The monoisotopic (exact) mass is 276 g/mol. The maximum absolute atomic E-state index is 12.1. The molecule has 1 N–H and O–H groups in total. The molecule has 0 bridgehead atoms. The second-order valence-electron chi connectivity index (χ2n) is 6.11. The number of nitrogens with zero attached hydrogens (tertiary/aromatic N) is 1. The molecule has 1 aromatic carbocycles. The van der Waals surface area contributed by atoms with Crippen molar-refractivity contribution in [3.05, 3.63) is 35.9 Å². The zero-order chi connectivity index (χ0) is 15.2. The largest absolute Gasteiger partial charge is 0.354 e. The third-order valence-electron chi connectivity index (χ3n) is 3.57. The molecule has 1 aromatic rings. The number of hydrogen-bond acceptors (Lipinski definition) is 2. The zero-order valence-electron chi connectivity index (χ0n) is 13.4. The predicted molar refractivity (Wildman–Crippen MR) is 84.6 cm³/mol. The average molecular weight is 276 g/mol.